The number of aromatic nitrogens is 2. The second kappa shape index (κ2) is 6.39. The second-order valence-corrected chi connectivity index (χ2v) is 6.00. The second-order valence-electron chi connectivity index (χ2n) is 6.00. The van der Waals surface area contributed by atoms with Gasteiger partial charge in [0, 0.05) is 32.3 Å². The van der Waals surface area contributed by atoms with Gasteiger partial charge in [0.2, 0.25) is 5.91 Å². The van der Waals surface area contributed by atoms with Crippen molar-refractivity contribution < 1.29 is 19.5 Å². The summed E-state index contributed by atoms with van der Waals surface area (Å²) in [5.74, 6) is -1.59. The molecule has 1 aliphatic heterocycles. The predicted molar refractivity (Wildman–Crippen MR) is 88.0 cm³/mol. The number of rotatable bonds is 4. The molecular weight excluding hydrogens is 324 g/mol. The number of carbonyl (C=O) groups excluding carboxylic acids is 2. The molecule has 1 fully saturated rings. The van der Waals surface area contributed by atoms with Crippen LogP contribution in [0, 0.1) is 0 Å². The van der Waals surface area contributed by atoms with E-state index in [0.717, 1.165) is 5.69 Å². The van der Waals surface area contributed by atoms with E-state index < -0.39 is 17.9 Å². The normalized spacial score (nSPS) is 19.9. The number of nitrogens with zero attached hydrogens (tertiary/aromatic N) is 3. The van der Waals surface area contributed by atoms with E-state index in [4.69, 9.17) is 5.11 Å². The number of hydrogen-bond acceptors (Lipinski definition) is 4. The van der Waals surface area contributed by atoms with E-state index in [-0.39, 0.29) is 29.5 Å². The summed E-state index contributed by atoms with van der Waals surface area (Å²) in [6.45, 7) is 0. The molecule has 0 unspecified atom stereocenters. The van der Waals surface area contributed by atoms with Gasteiger partial charge in [-0.15, -0.1) is 0 Å². The Morgan fingerprint density at radius 1 is 1.24 bits per heavy atom. The lowest BCUT2D eigenvalue weighted by Gasteiger charge is -2.25. The van der Waals surface area contributed by atoms with Crippen molar-refractivity contribution >= 4 is 17.8 Å². The van der Waals surface area contributed by atoms with Gasteiger partial charge in [-0.2, -0.15) is 5.10 Å². The minimum absolute atomic E-state index is 0.0375. The molecule has 2 aromatic rings. The van der Waals surface area contributed by atoms with Crippen molar-refractivity contribution in [2.24, 2.45) is 7.05 Å². The van der Waals surface area contributed by atoms with Crippen LogP contribution in [0.15, 0.2) is 36.5 Å². The third-order valence-electron chi connectivity index (χ3n) is 4.44. The summed E-state index contributed by atoms with van der Waals surface area (Å²) in [6, 6.07) is 6.86. The minimum Gasteiger partial charge on any atom is -0.478 e. The first-order chi connectivity index (χ1) is 11.9. The zero-order chi connectivity index (χ0) is 18.1. The van der Waals surface area contributed by atoms with Crippen LogP contribution in [-0.4, -0.2) is 50.7 Å². The molecular formula is C17H18N4O4. The van der Waals surface area contributed by atoms with Crippen molar-refractivity contribution in [3.63, 3.8) is 0 Å². The fourth-order valence-electron chi connectivity index (χ4n) is 3.12. The molecule has 25 heavy (non-hydrogen) atoms. The van der Waals surface area contributed by atoms with Crippen LogP contribution in [0.4, 0.5) is 0 Å². The standard InChI is InChI=1S/C17H18N4O4/c1-20-14(22)9-12(15(20)13-6-7-18-21(13)2)19-16(23)10-4-3-5-11(8-10)17(24)25/h3-8,12,15H,9H2,1-2H3,(H,19,23)(H,24,25)/t12-,15-/m1/s1. The Morgan fingerprint density at radius 3 is 2.60 bits per heavy atom. The third-order valence-corrected chi connectivity index (χ3v) is 4.44. The zero-order valence-corrected chi connectivity index (χ0v) is 13.8. The van der Waals surface area contributed by atoms with E-state index in [0.29, 0.717) is 0 Å². The van der Waals surface area contributed by atoms with Crippen molar-refractivity contribution in [3.8, 4) is 0 Å². The quantitative estimate of drug-likeness (QED) is 0.856. The number of carboxylic acid groups (broad SMARTS) is 1. The molecule has 2 heterocycles. The Kier molecular flexibility index (Phi) is 4.26. The summed E-state index contributed by atoms with van der Waals surface area (Å²) in [5.41, 5.74) is 1.10. The van der Waals surface area contributed by atoms with Crippen LogP contribution < -0.4 is 5.32 Å². The molecule has 3 rings (SSSR count). The lowest BCUT2D eigenvalue weighted by molar-refractivity contribution is -0.127. The number of aromatic carboxylic acids is 1. The average Bonchev–Trinajstić information content (AvgIpc) is 3.11. The summed E-state index contributed by atoms with van der Waals surface area (Å²) < 4.78 is 1.67. The Bertz CT molecular complexity index is 845. The number of carboxylic acids is 1. The first-order valence-electron chi connectivity index (χ1n) is 7.76. The van der Waals surface area contributed by atoms with Crippen molar-refractivity contribution in [1.29, 1.82) is 0 Å². The van der Waals surface area contributed by atoms with E-state index in [1.165, 1.54) is 18.2 Å². The van der Waals surface area contributed by atoms with Gasteiger partial charge in [-0.05, 0) is 24.3 Å². The lowest BCUT2D eigenvalue weighted by atomic mass is 10.0. The number of likely N-dealkylation sites (N-methyl/N-ethyl adjacent to an activating group) is 1. The molecule has 0 spiro atoms. The molecule has 8 heteroatoms. The molecule has 130 valence electrons. The fraction of sp³-hybridized carbons (Fsp3) is 0.294. The first kappa shape index (κ1) is 16.7. The van der Waals surface area contributed by atoms with Crippen molar-refractivity contribution in [2.45, 2.75) is 18.5 Å². The number of hydrogen-bond donors (Lipinski definition) is 2. The maximum absolute atomic E-state index is 12.5. The number of likely N-dealkylation sites (tertiary alicyclic amines) is 1. The van der Waals surface area contributed by atoms with Gasteiger partial charge in [-0.25, -0.2) is 4.79 Å². The highest BCUT2D eigenvalue weighted by atomic mass is 16.4. The molecule has 2 atom stereocenters. The zero-order valence-electron chi connectivity index (χ0n) is 13.8. The predicted octanol–water partition coefficient (Wildman–Crippen LogP) is 0.820. The highest BCUT2D eigenvalue weighted by Crippen LogP contribution is 2.31. The van der Waals surface area contributed by atoms with Gasteiger partial charge >= 0.3 is 5.97 Å². The van der Waals surface area contributed by atoms with Crippen LogP contribution in [-0.2, 0) is 11.8 Å². The van der Waals surface area contributed by atoms with Crippen LogP contribution in [0.1, 0.15) is 38.9 Å². The summed E-state index contributed by atoms with van der Waals surface area (Å²) in [6.07, 6.45) is 1.82. The van der Waals surface area contributed by atoms with Gasteiger partial charge < -0.3 is 15.3 Å². The summed E-state index contributed by atoms with van der Waals surface area (Å²) in [4.78, 5) is 37.3. The average molecular weight is 342 g/mol. The van der Waals surface area contributed by atoms with E-state index >= 15 is 0 Å². The molecule has 8 nitrogen and oxygen atoms in total. The fourth-order valence-corrected chi connectivity index (χ4v) is 3.12. The number of aryl methyl sites for hydroxylation is 1. The highest BCUT2D eigenvalue weighted by Gasteiger charge is 2.40. The minimum atomic E-state index is -1.10. The van der Waals surface area contributed by atoms with Gasteiger partial charge in [0.25, 0.3) is 5.91 Å². The van der Waals surface area contributed by atoms with Gasteiger partial charge in [-0.1, -0.05) is 6.07 Å². The topological polar surface area (TPSA) is 105 Å². The SMILES string of the molecule is CN1C(=O)C[C@@H](NC(=O)c2cccc(C(=O)O)c2)[C@@H]1c1ccnn1C. The third kappa shape index (κ3) is 3.10. The molecule has 1 aromatic carbocycles. The number of benzene rings is 1. The maximum atomic E-state index is 12.5. The van der Waals surface area contributed by atoms with Crippen LogP contribution in [0.3, 0.4) is 0 Å². The Morgan fingerprint density at radius 2 is 1.96 bits per heavy atom. The summed E-state index contributed by atoms with van der Waals surface area (Å²) in [5, 5.41) is 16.0. The van der Waals surface area contributed by atoms with Crippen LogP contribution in [0.25, 0.3) is 0 Å². The smallest absolute Gasteiger partial charge is 0.335 e. The van der Waals surface area contributed by atoms with Gasteiger partial charge in [0.15, 0.2) is 0 Å². The molecule has 2 amide bonds. The van der Waals surface area contributed by atoms with E-state index in [2.05, 4.69) is 10.4 Å². The molecule has 0 bridgehead atoms. The van der Waals surface area contributed by atoms with E-state index in [9.17, 15) is 14.4 Å². The number of amides is 2. The molecule has 1 saturated heterocycles. The van der Waals surface area contributed by atoms with Crippen molar-refractivity contribution in [1.82, 2.24) is 20.0 Å². The monoisotopic (exact) mass is 342 g/mol. The van der Waals surface area contributed by atoms with Crippen LogP contribution in [0.5, 0.6) is 0 Å². The molecule has 1 aliphatic rings. The Hall–Kier alpha value is -3.16. The van der Waals surface area contributed by atoms with Crippen molar-refractivity contribution in [3.05, 3.63) is 53.3 Å². The van der Waals surface area contributed by atoms with Crippen LogP contribution >= 0.6 is 0 Å². The molecule has 2 N–H and O–H groups in total. The molecule has 0 aliphatic carbocycles. The largest absolute Gasteiger partial charge is 0.478 e. The van der Waals surface area contributed by atoms with Gasteiger partial charge in [0.05, 0.1) is 23.3 Å². The van der Waals surface area contributed by atoms with E-state index in [1.807, 2.05) is 6.07 Å². The molecule has 0 radical (unpaired) electrons. The van der Waals surface area contributed by atoms with Crippen LogP contribution in [0.2, 0.25) is 0 Å². The highest BCUT2D eigenvalue weighted by molar-refractivity contribution is 5.98. The van der Waals surface area contributed by atoms with E-state index in [1.54, 1.807) is 35.9 Å². The molecule has 0 saturated carbocycles. The summed E-state index contributed by atoms with van der Waals surface area (Å²) >= 11 is 0. The van der Waals surface area contributed by atoms with Gasteiger partial charge in [0.1, 0.15) is 0 Å². The first-order valence-corrected chi connectivity index (χ1v) is 7.76. The van der Waals surface area contributed by atoms with Crippen molar-refractivity contribution in [2.75, 3.05) is 7.05 Å². The lowest BCUT2D eigenvalue weighted by Crippen LogP contribution is -2.39. The Labute approximate surface area is 144 Å². The number of nitrogens with one attached hydrogen (secondary N) is 1. The Balaban J connectivity index is 1.84. The summed E-state index contributed by atoms with van der Waals surface area (Å²) in [7, 11) is 3.47. The van der Waals surface area contributed by atoms with Gasteiger partial charge in [-0.3, -0.25) is 14.3 Å². The maximum Gasteiger partial charge on any atom is 0.335 e. The molecule has 1 aromatic heterocycles. The number of carbonyl (C=O) groups is 3.